The van der Waals surface area contributed by atoms with Gasteiger partial charge in [0.25, 0.3) is 5.56 Å². The number of carbonyl (C=O) groups is 1. The Morgan fingerprint density at radius 2 is 1.69 bits per heavy atom. The molecule has 1 amide bonds. The molecule has 0 unspecified atom stereocenters. The zero-order valence-electron chi connectivity index (χ0n) is 17.0. The molecular formula is C21H22F3N3O4S. The Kier molecular flexibility index (Phi) is 7.19. The lowest BCUT2D eigenvalue weighted by Gasteiger charge is -2.19. The van der Waals surface area contributed by atoms with Crippen molar-refractivity contribution in [2.24, 2.45) is 0 Å². The fourth-order valence-corrected chi connectivity index (χ4v) is 4.79. The zero-order chi connectivity index (χ0) is 23.4. The molecule has 0 atom stereocenters. The van der Waals surface area contributed by atoms with Crippen LogP contribution in [0, 0.1) is 0 Å². The van der Waals surface area contributed by atoms with Crippen molar-refractivity contribution < 1.29 is 26.4 Å². The molecule has 1 aliphatic rings. The van der Waals surface area contributed by atoms with Crippen molar-refractivity contribution in [3.8, 4) is 0 Å². The van der Waals surface area contributed by atoms with Crippen molar-refractivity contribution in [1.29, 1.82) is 0 Å². The molecule has 1 aliphatic heterocycles. The third-order valence-corrected chi connectivity index (χ3v) is 6.91. The van der Waals surface area contributed by atoms with E-state index in [1.54, 1.807) is 0 Å². The van der Waals surface area contributed by atoms with Gasteiger partial charge >= 0.3 is 6.18 Å². The normalized spacial score (nSPS) is 16.1. The number of hydrogen-bond donors (Lipinski definition) is 2. The Morgan fingerprint density at radius 3 is 2.28 bits per heavy atom. The summed E-state index contributed by atoms with van der Waals surface area (Å²) < 4.78 is 65.3. The summed E-state index contributed by atoms with van der Waals surface area (Å²) >= 11 is 0. The lowest BCUT2D eigenvalue weighted by atomic mass is 10.2. The smallest absolute Gasteiger partial charge is 0.327 e. The summed E-state index contributed by atoms with van der Waals surface area (Å²) in [6, 6.07) is 6.47. The van der Waals surface area contributed by atoms with Gasteiger partial charge in [0, 0.05) is 25.4 Å². The highest BCUT2D eigenvalue weighted by atomic mass is 32.2. The highest BCUT2D eigenvalue weighted by Crippen LogP contribution is 2.29. The number of anilines is 1. The number of amides is 1. The topological polar surface area (TPSA) is 99.3 Å². The zero-order valence-corrected chi connectivity index (χ0v) is 17.8. The second-order valence-electron chi connectivity index (χ2n) is 7.34. The molecular weight excluding hydrogens is 447 g/mol. The summed E-state index contributed by atoms with van der Waals surface area (Å²) in [6.07, 6.45) is 1.91. The Morgan fingerprint density at radius 1 is 1.06 bits per heavy atom. The fraction of sp³-hybridized carbons (Fsp3) is 0.333. The van der Waals surface area contributed by atoms with Crippen molar-refractivity contribution in [1.82, 2.24) is 9.29 Å². The van der Waals surface area contributed by atoms with Crippen LogP contribution in [0.3, 0.4) is 0 Å². The molecule has 0 spiro atoms. The van der Waals surface area contributed by atoms with E-state index < -0.39 is 38.9 Å². The van der Waals surface area contributed by atoms with Crippen LogP contribution >= 0.6 is 0 Å². The highest BCUT2D eigenvalue weighted by molar-refractivity contribution is 7.89. The van der Waals surface area contributed by atoms with Gasteiger partial charge in [-0.3, -0.25) is 9.59 Å². The lowest BCUT2D eigenvalue weighted by Crippen LogP contribution is -2.31. The first-order chi connectivity index (χ1) is 15.1. The SMILES string of the molecule is O=C(C=Cc1ccc(S(=O)(=O)N2CCCCCC2)cc1)Nc1cc(C(F)(F)F)c[nH]c1=O. The monoisotopic (exact) mass is 469 g/mol. The summed E-state index contributed by atoms with van der Waals surface area (Å²) in [5, 5.41) is 2.11. The first-order valence-corrected chi connectivity index (χ1v) is 11.4. The third kappa shape index (κ3) is 5.86. The maximum absolute atomic E-state index is 12.8. The molecule has 172 valence electrons. The van der Waals surface area contributed by atoms with E-state index in [-0.39, 0.29) is 4.90 Å². The van der Waals surface area contributed by atoms with Crippen LogP contribution in [0.1, 0.15) is 36.8 Å². The molecule has 1 fully saturated rings. The maximum atomic E-state index is 12.8. The minimum atomic E-state index is -4.67. The number of nitrogens with zero attached hydrogens (tertiary/aromatic N) is 1. The molecule has 2 aromatic rings. The van der Waals surface area contributed by atoms with Crippen LogP contribution in [0.2, 0.25) is 0 Å². The average Bonchev–Trinajstić information content (AvgIpc) is 3.03. The van der Waals surface area contributed by atoms with Crippen molar-refractivity contribution >= 4 is 27.7 Å². The van der Waals surface area contributed by atoms with Crippen LogP contribution in [0.4, 0.5) is 18.9 Å². The predicted octanol–water partition coefficient (Wildman–Crippen LogP) is 3.61. The van der Waals surface area contributed by atoms with E-state index in [1.807, 2.05) is 4.98 Å². The van der Waals surface area contributed by atoms with Crippen LogP contribution in [0.25, 0.3) is 6.08 Å². The second-order valence-corrected chi connectivity index (χ2v) is 9.28. The largest absolute Gasteiger partial charge is 0.417 e. The molecule has 11 heteroatoms. The van der Waals surface area contributed by atoms with E-state index in [0.29, 0.717) is 30.9 Å². The van der Waals surface area contributed by atoms with E-state index in [9.17, 15) is 31.2 Å². The summed E-state index contributed by atoms with van der Waals surface area (Å²) in [5.41, 5.74) is -2.00. The number of pyridine rings is 1. The first kappa shape index (κ1) is 23.7. The molecule has 32 heavy (non-hydrogen) atoms. The van der Waals surface area contributed by atoms with Crippen molar-refractivity contribution in [2.45, 2.75) is 36.8 Å². The number of rotatable bonds is 5. The summed E-state index contributed by atoms with van der Waals surface area (Å²) in [7, 11) is -3.60. The van der Waals surface area contributed by atoms with Gasteiger partial charge in [0.1, 0.15) is 5.69 Å². The number of aromatic nitrogens is 1. The number of benzene rings is 1. The van der Waals surface area contributed by atoms with E-state index in [2.05, 4.69) is 5.32 Å². The predicted molar refractivity (Wildman–Crippen MR) is 113 cm³/mol. The van der Waals surface area contributed by atoms with Gasteiger partial charge in [-0.05, 0) is 42.7 Å². The maximum Gasteiger partial charge on any atom is 0.417 e. The van der Waals surface area contributed by atoms with Gasteiger partial charge in [0.15, 0.2) is 0 Å². The third-order valence-electron chi connectivity index (χ3n) is 5.00. The molecule has 0 saturated carbocycles. The number of nitrogens with one attached hydrogen (secondary N) is 2. The van der Waals surface area contributed by atoms with Gasteiger partial charge in [0.2, 0.25) is 15.9 Å². The van der Waals surface area contributed by atoms with Crippen molar-refractivity contribution in [2.75, 3.05) is 18.4 Å². The Bertz CT molecular complexity index is 1150. The number of hydrogen-bond acceptors (Lipinski definition) is 4. The van der Waals surface area contributed by atoms with Crippen LogP contribution < -0.4 is 10.9 Å². The van der Waals surface area contributed by atoms with Crippen LogP contribution in [0.15, 0.2) is 52.3 Å². The van der Waals surface area contributed by atoms with Gasteiger partial charge in [-0.2, -0.15) is 17.5 Å². The summed E-state index contributed by atoms with van der Waals surface area (Å²) in [4.78, 5) is 25.8. The number of sulfonamides is 1. The second kappa shape index (κ2) is 9.70. The molecule has 2 N–H and O–H groups in total. The molecule has 3 rings (SSSR count). The molecule has 0 radical (unpaired) electrons. The van der Waals surface area contributed by atoms with Crippen LogP contribution in [-0.4, -0.2) is 36.7 Å². The quantitative estimate of drug-likeness (QED) is 0.654. The Labute approximate surface area is 183 Å². The number of alkyl halides is 3. The summed E-state index contributed by atoms with van der Waals surface area (Å²) in [6.45, 7) is 0.970. The molecule has 1 saturated heterocycles. The van der Waals surface area contributed by atoms with Gasteiger partial charge in [-0.15, -0.1) is 0 Å². The lowest BCUT2D eigenvalue weighted by molar-refractivity contribution is -0.137. The molecule has 0 aliphatic carbocycles. The summed E-state index contributed by atoms with van der Waals surface area (Å²) in [5.74, 6) is -0.809. The molecule has 2 heterocycles. The van der Waals surface area contributed by atoms with E-state index in [1.165, 1.54) is 34.6 Å². The van der Waals surface area contributed by atoms with Crippen molar-refractivity contribution in [3.63, 3.8) is 0 Å². The van der Waals surface area contributed by atoms with Crippen molar-refractivity contribution in [3.05, 3.63) is 64.1 Å². The van der Waals surface area contributed by atoms with Crippen LogP contribution in [0.5, 0.6) is 0 Å². The first-order valence-electron chi connectivity index (χ1n) is 9.96. The minimum absolute atomic E-state index is 0.150. The van der Waals surface area contributed by atoms with E-state index >= 15 is 0 Å². The number of aromatic amines is 1. The average molecular weight is 469 g/mol. The minimum Gasteiger partial charge on any atom is -0.327 e. The van der Waals surface area contributed by atoms with E-state index in [4.69, 9.17) is 0 Å². The Balaban J connectivity index is 1.68. The van der Waals surface area contributed by atoms with Gasteiger partial charge in [-0.25, -0.2) is 8.42 Å². The van der Waals surface area contributed by atoms with Gasteiger partial charge in [0.05, 0.1) is 10.5 Å². The standard InChI is InChI=1S/C21H22F3N3O4S/c22-21(23,24)16-13-18(20(29)25-14-16)26-19(28)10-7-15-5-8-17(9-6-15)32(30,31)27-11-3-1-2-4-12-27/h5-10,13-14H,1-4,11-12H2,(H,25,29)(H,26,28). The highest BCUT2D eigenvalue weighted by Gasteiger charge is 2.31. The number of H-pyrrole nitrogens is 1. The molecule has 7 nitrogen and oxygen atoms in total. The van der Waals surface area contributed by atoms with Gasteiger partial charge < -0.3 is 10.3 Å². The molecule has 0 bridgehead atoms. The Hall–Kier alpha value is -2.92. The molecule has 1 aromatic carbocycles. The van der Waals surface area contributed by atoms with Gasteiger partial charge in [-0.1, -0.05) is 25.0 Å². The van der Waals surface area contributed by atoms with Crippen LogP contribution in [-0.2, 0) is 21.0 Å². The number of halogens is 3. The molecule has 1 aromatic heterocycles. The fourth-order valence-electron chi connectivity index (χ4n) is 3.27. The van der Waals surface area contributed by atoms with E-state index in [0.717, 1.165) is 31.8 Å². The number of carbonyl (C=O) groups excluding carboxylic acids is 1.